The summed E-state index contributed by atoms with van der Waals surface area (Å²) < 4.78 is 29.6. The van der Waals surface area contributed by atoms with Gasteiger partial charge in [0.05, 0.1) is 9.92 Å². The number of hydrogen-bond donors (Lipinski definition) is 0. The highest BCUT2D eigenvalue weighted by molar-refractivity contribution is 9.10. The Kier molecular flexibility index (Phi) is 5.64. The zero-order valence-electron chi connectivity index (χ0n) is 12.7. The molecule has 0 aliphatic rings. The van der Waals surface area contributed by atoms with Crippen LogP contribution < -0.4 is 4.74 Å². The quantitative estimate of drug-likeness (QED) is 0.489. The third-order valence-corrected chi connectivity index (χ3v) is 6.85. The van der Waals surface area contributed by atoms with E-state index in [1.807, 2.05) is 0 Å². The first-order valence-corrected chi connectivity index (χ1v) is 9.76. The molecule has 0 atom stereocenters. The van der Waals surface area contributed by atoms with Gasteiger partial charge in [-0.15, -0.1) is 0 Å². The average molecular weight is 452 g/mol. The van der Waals surface area contributed by atoms with Crippen LogP contribution in [0.1, 0.15) is 13.8 Å². The molecule has 2 rings (SSSR count). The second-order valence-corrected chi connectivity index (χ2v) is 9.69. The minimum Gasteiger partial charge on any atom is -0.424 e. The number of benzene rings is 2. The molecule has 4 nitrogen and oxygen atoms in total. The van der Waals surface area contributed by atoms with Crippen LogP contribution in [0.4, 0.5) is 0 Å². The van der Waals surface area contributed by atoms with Gasteiger partial charge >= 0.3 is 5.97 Å². The van der Waals surface area contributed by atoms with E-state index in [2.05, 4.69) is 15.9 Å². The molecule has 0 unspecified atom stereocenters. The largest absolute Gasteiger partial charge is 0.424 e. The van der Waals surface area contributed by atoms with Crippen molar-refractivity contribution in [3.8, 4) is 5.75 Å². The minimum atomic E-state index is -3.96. The number of hydrogen-bond acceptors (Lipinski definition) is 4. The number of ether oxygens (including phenoxy) is 1. The summed E-state index contributed by atoms with van der Waals surface area (Å²) in [6.07, 6.45) is 0. The van der Waals surface area contributed by atoms with Crippen LogP contribution in [0, 0.1) is 0 Å². The van der Waals surface area contributed by atoms with Gasteiger partial charge in [-0.25, -0.2) is 13.2 Å². The third-order valence-electron chi connectivity index (χ3n) is 3.38. The second-order valence-electron chi connectivity index (χ2n) is 5.43. The van der Waals surface area contributed by atoms with Crippen molar-refractivity contribution in [2.45, 2.75) is 23.5 Å². The maximum absolute atomic E-state index is 12.8. The van der Waals surface area contributed by atoms with Gasteiger partial charge in [0.25, 0.3) is 0 Å². The average Bonchev–Trinajstić information content (AvgIpc) is 2.50. The van der Waals surface area contributed by atoms with Gasteiger partial charge in [-0.05, 0) is 56.3 Å². The van der Waals surface area contributed by atoms with E-state index in [0.717, 1.165) is 4.47 Å². The second kappa shape index (κ2) is 7.04. The summed E-state index contributed by atoms with van der Waals surface area (Å²) in [6.45, 7) is 2.58. The van der Waals surface area contributed by atoms with Crippen molar-refractivity contribution in [1.82, 2.24) is 0 Å². The standard InChI is InChI=1S/C16H13BrCl2O4S/c1-16(2,24(21,22)12-6-3-10(17)4-7-12)15(20)23-14-8-5-11(18)9-13(14)19/h3-9H,1-2H3. The molecule has 2 aromatic carbocycles. The summed E-state index contributed by atoms with van der Waals surface area (Å²) >= 11 is 15.0. The van der Waals surface area contributed by atoms with Gasteiger partial charge in [0.2, 0.25) is 0 Å². The highest BCUT2D eigenvalue weighted by atomic mass is 79.9. The van der Waals surface area contributed by atoms with Gasteiger partial charge in [-0.2, -0.15) is 0 Å². The molecule has 128 valence electrons. The minimum absolute atomic E-state index is 0.0230. The number of halogens is 3. The van der Waals surface area contributed by atoms with Crippen LogP contribution in [0.15, 0.2) is 51.8 Å². The van der Waals surface area contributed by atoms with Crippen molar-refractivity contribution in [3.63, 3.8) is 0 Å². The molecule has 0 spiro atoms. The third kappa shape index (κ3) is 3.77. The van der Waals surface area contributed by atoms with Crippen LogP contribution in [0.3, 0.4) is 0 Å². The molecule has 0 aromatic heterocycles. The summed E-state index contributed by atoms with van der Waals surface area (Å²) in [6, 6.07) is 10.3. The van der Waals surface area contributed by atoms with Crippen molar-refractivity contribution in [2.24, 2.45) is 0 Å². The Bertz CT molecular complexity index is 877. The normalized spacial score (nSPS) is 12.0. The van der Waals surface area contributed by atoms with E-state index in [-0.39, 0.29) is 15.7 Å². The zero-order valence-corrected chi connectivity index (χ0v) is 16.6. The van der Waals surface area contributed by atoms with E-state index in [1.54, 1.807) is 12.1 Å². The molecule has 0 saturated carbocycles. The molecule has 0 amide bonds. The molecular formula is C16H13BrCl2O4S. The molecule has 0 aliphatic heterocycles. The number of carbonyl (C=O) groups is 1. The van der Waals surface area contributed by atoms with E-state index < -0.39 is 20.6 Å². The lowest BCUT2D eigenvalue weighted by Crippen LogP contribution is -2.43. The molecule has 0 heterocycles. The van der Waals surface area contributed by atoms with Crippen LogP contribution in [0.25, 0.3) is 0 Å². The number of esters is 1. The van der Waals surface area contributed by atoms with Crippen molar-refractivity contribution >= 4 is 54.9 Å². The molecule has 24 heavy (non-hydrogen) atoms. The van der Waals surface area contributed by atoms with Gasteiger partial charge in [0.1, 0.15) is 5.75 Å². The number of rotatable bonds is 4. The highest BCUT2D eigenvalue weighted by Gasteiger charge is 2.44. The van der Waals surface area contributed by atoms with Crippen LogP contribution in [-0.4, -0.2) is 19.1 Å². The Balaban J connectivity index is 2.34. The van der Waals surface area contributed by atoms with Crippen molar-refractivity contribution in [1.29, 1.82) is 0 Å². The summed E-state index contributed by atoms with van der Waals surface area (Å²) in [5.41, 5.74) is 0. The lowest BCUT2D eigenvalue weighted by molar-refractivity contribution is -0.136. The first kappa shape index (κ1) is 19.2. The number of sulfone groups is 1. The SMILES string of the molecule is CC(C)(C(=O)Oc1ccc(Cl)cc1Cl)S(=O)(=O)c1ccc(Br)cc1. The van der Waals surface area contributed by atoms with Gasteiger partial charge in [-0.3, -0.25) is 0 Å². The molecule has 0 aliphatic carbocycles. The molecular weight excluding hydrogens is 439 g/mol. The van der Waals surface area contributed by atoms with E-state index in [1.165, 1.54) is 44.2 Å². The van der Waals surface area contributed by atoms with E-state index in [9.17, 15) is 13.2 Å². The molecule has 8 heteroatoms. The van der Waals surface area contributed by atoms with E-state index >= 15 is 0 Å². The molecule has 0 saturated heterocycles. The van der Waals surface area contributed by atoms with E-state index in [4.69, 9.17) is 27.9 Å². The zero-order chi connectivity index (χ0) is 18.1. The number of carbonyl (C=O) groups excluding carboxylic acids is 1. The topological polar surface area (TPSA) is 60.4 Å². The van der Waals surface area contributed by atoms with Gasteiger partial charge in [-0.1, -0.05) is 39.1 Å². The van der Waals surface area contributed by atoms with Crippen LogP contribution >= 0.6 is 39.1 Å². The fourth-order valence-corrected chi connectivity index (χ4v) is 3.85. The Hall–Kier alpha value is -1.08. The van der Waals surface area contributed by atoms with Gasteiger partial charge in [0.15, 0.2) is 14.6 Å². The monoisotopic (exact) mass is 450 g/mol. The van der Waals surface area contributed by atoms with Crippen molar-refractivity contribution in [2.75, 3.05) is 0 Å². The Morgan fingerprint density at radius 3 is 2.21 bits per heavy atom. The summed E-state index contributed by atoms with van der Waals surface area (Å²) in [5, 5.41) is 0.495. The Morgan fingerprint density at radius 2 is 1.67 bits per heavy atom. The summed E-state index contributed by atoms with van der Waals surface area (Å²) in [5.74, 6) is -0.889. The molecule has 2 aromatic rings. The lowest BCUT2D eigenvalue weighted by Gasteiger charge is -2.23. The van der Waals surface area contributed by atoms with Crippen LogP contribution in [-0.2, 0) is 14.6 Å². The predicted octanol–water partition coefficient (Wildman–Crippen LogP) is 4.91. The first-order chi connectivity index (χ1) is 11.1. The molecule has 0 radical (unpaired) electrons. The van der Waals surface area contributed by atoms with E-state index in [0.29, 0.717) is 5.02 Å². The van der Waals surface area contributed by atoms with Gasteiger partial charge < -0.3 is 4.74 Å². The highest BCUT2D eigenvalue weighted by Crippen LogP contribution is 2.32. The summed E-state index contributed by atoms with van der Waals surface area (Å²) in [4.78, 5) is 12.5. The Morgan fingerprint density at radius 1 is 1.08 bits per heavy atom. The summed E-state index contributed by atoms with van der Waals surface area (Å²) in [7, 11) is -3.96. The first-order valence-electron chi connectivity index (χ1n) is 6.73. The fourth-order valence-electron chi connectivity index (χ4n) is 1.80. The molecule has 0 N–H and O–H groups in total. The lowest BCUT2D eigenvalue weighted by atomic mass is 10.2. The maximum Gasteiger partial charge on any atom is 0.332 e. The van der Waals surface area contributed by atoms with Crippen LogP contribution in [0.2, 0.25) is 10.0 Å². The maximum atomic E-state index is 12.8. The van der Waals surface area contributed by atoms with Crippen molar-refractivity contribution < 1.29 is 17.9 Å². The molecule has 0 fully saturated rings. The fraction of sp³-hybridized carbons (Fsp3) is 0.188. The molecule has 0 bridgehead atoms. The Labute approximate surface area is 158 Å². The van der Waals surface area contributed by atoms with Gasteiger partial charge in [0, 0.05) is 9.50 Å². The van der Waals surface area contributed by atoms with Crippen molar-refractivity contribution in [3.05, 3.63) is 57.0 Å². The predicted molar refractivity (Wildman–Crippen MR) is 97.5 cm³/mol. The smallest absolute Gasteiger partial charge is 0.332 e. The van der Waals surface area contributed by atoms with Crippen LogP contribution in [0.5, 0.6) is 5.75 Å².